The van der Waals surface area contributed by atoms with Crippen LogP contribution >= 0.6 is 0 Å². The van der Waals surface area contributed by atoms with Gasteiger partial charge in [0, 0.05) is 53.6 Å². The van der Waals surface area contributed by atoms with Crippen molar-refractivity contribution < 1.29 is 47.3 Å². The Kier molecular flexibility index (Phi) is 34.4. The van der Waals surface area contributed by atoms with E-state index < -0.39 is 0 Å². The first-order valence-corrected chi connectivity index (χ1v) is 6.22. The maximum atomic E-state index is 8.48. The van der Waals surface area contributed by atoms with Crippen molar-refractivity contribution in [2.45, 2.75) is 39.9 Å². The fraction of sp³-hybridized carbons (Fsp3) is 1.00. The third-order valence-corrected chi connectivity index (χ3v) is 1.25. The molecule has 0 heterocycles. The van der Waals surface area contributed by atoms with Crippen LogP contribution in [0.25, 0.3) is 0 Å². The van der Waals surface area contributed by atoms with Crippen LogP contribution in [-0.4, -0.2) is 82.1 Å². The van der Waals surface area contributed by atoms with E-state index in [9.17, 15) is 0 Å². The predicted molar refractivity (Wildman–Crippen MR) is 72.4 cm³/mol. The molecule has 0 aromatic heterocycles. The van der Waals surface area contributed by atoms with Gasteiger partial charge in [-0.15, -0.1) is 0 Å². The quantitative estimate of drug-likeness (QED) is 0.404. The zero-order chi connectivity index (χ0) is 15.0. The summed E-state index contributed by atoms with van der Waals surface area (Å²) in [7, 11) is 0. The Morgan fingerprint density at radius 3 is 0.947 bits per heavy atom. The van der Waals surface area contributed by atoms with Crippen molar-refractivity contribution in [3.05, 3.63) is 0 Å². The molecule has 0 amide bonds. The molecular weight excluding hydrogens is 286 g/mol. The van der Waals surface area contributed by atoms with Crippen LogP contribution < -0.4 is 0 Å². The third-order valence-electron chi connectivity index (χ3n) is 1.25. The van der Waals surface area contributed by atoms with Crippen molar-refractivity contribution in [3.63, 3.8) is 0 Å². The van der Waals surface area contributed by atoms with Crippen molar-refractivity contribution in [2.24, 2.45) is 0 Å². The van der Waals surface area contributed by atoms with E-state index in [1.165, 1.54) is 0 Å². The summed E-state index contributed by atoms with van der Waals surface area (Å²) in [6.45, 7) is 8.64. The zero-order valence-corrected chi connectivity index (χ0v) is 14.1. The number of rotatable bonds is 6. The van der Waals surface area contributed by atoms with Gasteiger partial charge in [0.25, 0.3) is 0 Å². The first-order chi connectivity index (χ1) is 8.31. The van der Waals surface area contributed by atoms with Crippen molar-refractivity contribution in [1.29, 1.82) is 0 Å². The molecule has 0 saturated heterocycles. The Balaban J connectivity index is -0.000000105. The summed E-state index contributed by atoms with van der Waals surface area (Å²) in [5.41, 5.74) is 0. The van der Waals surface area contributed by atoms with Gasteiger partial charge in [0.15, 0.2) is 0 Å². The number of nitrogens with zero attached hydrogens (tertiary/aromatic N) is 1. The Morgan fingerprint density at radius 2 is 0.842 bits per heavy atom. The zero-order valence-electron chi connectivity index (χ0n) is 12.6. The molecule has 0 bridgehead atoms. The van der Waals surface area contributed by atoms with Crippen LogP contribution in [0.1, 0.15) is 27.7 Å². The van der Waals surface area contributed by atoms with E-state index in [0.29, 0.717) is 19.6 Å². The number of hydrogen-bond donors (Lipinski definition) is 5. The predicted octanol–water partition coefficient (Wildman–Crippen LogP) is -0.963. The fourth-order valence-corrected chi connectivity index (χ4v) is 0.760. The SMILES string of the molecule is CC(C)O.CC(C)O.OCCN(CCO)CCO.[Ti]. The van der Waals surface area contributed by atoms with Crippen LogP contribution in [0, 0.1) is 0 Å². The average molecular weight is 317 g/mol. The molecule has 0 spiro atoms. The van der Waals surface area contributed by atoms with Gasteiger partial charge in [-0.3, -0.25) is 4.90 Å². The van der Waals surface area contributed by atoms with Gasteiger partial charge in [0.05, 0.1) is 19.8 Å². The molecule has 0 aliphatic rings. The first kappa shape index (κ1) is 27.8. The second kappa shape index (κ2) is 23.6. The van der Waals surface area contributed by atoms with E-state index in [1.54, 1.807) is 32.6 Å². The van der Waals surface area contributed by atoms with Gasteiger partial charge < -0.3 is 25.5 Å². The summed E-state index contributed by atoms with van der Waals surface area (Å²) < 4.78 is 0. The summed E-state index contributed by atoms with van der Waals surface area (Å²) in [6.07, 6.45) is -0.333. The topological polar surface area (TPSA) is 104 Å². The molecule has 6 nitrogen and oxygen atoms in total. The number of aliphatic hydroxyl groups is 5. The first-order valence-electron chi connectivity index (χ1n) is 6.22. The second-order valence-electron chi connectivity index (χ2n) is 4.20. The van der Waals surface area contributed by atoms with Gasteiger partial charge in [0.2, 0.25) is 0 Å². The average Bonchev–Trinajstić information content (AvgIpc) is 2.17. The molecule has 0 aromatic rings. The molecule has 0 radical (unpaired) electrons. The molecule has 0 aliphatic carbocycles. The molecule has 0 aromatic carbocycles. The molecule has 118 valence electrons. The van der Waals surface area contributed by atoms with E-state index in [2.05, 4.69) is 0 Å². The van der Waals surface area contributed by atoms with Gasteiger partial charge in [-0.2, -0.15) is 0 Å². The molecule has 0 rings (SSSR count). The summed E-state index contributed by atoms with van der Waals surface area (Å²) in [4.78, 5) is 1.79. The van der Waals surface area contributed by atoms with Gasteiger partial charge in [-0.05, 0) is 27.7 Å². The second-order valence-corrected chi connectivity index (χ2v) is 4.20. The maximum absolute atomic E-state index is 8.48. The van der Waals surface area contributed by atoms with Crippen LogP contribution in [0.15, 0.2) is 0 Å². The van der Waals surface area contributed by atoms with Crippen molar-refractivity contribution in [2.75, 3.05) is 39.5 Å². The van der Waals surface area contributed by atoms with Gasteiger partial charge in [-0.1, -0.05) is 0 Å². The summed E-state index contributed by atoms with van der Waals surface area (Å²) in [5, 5.41) is 41.6. The Labute approximate surface area is 132 Å². The summed E-state index contributed by atoms with van der Waals surface area (Å²) in [6, 6.07) is 0. The molecule has 19 heavy (non-hydrogen) atoms. The van der Waals surface area contributed by atoms with Crippen LogP contribution in [-0.2, 0) is 21.7 Å². The normalized spacial score (nSPS) is 9.47. The van der Waals surface area contributed by atoms with Crippen molar-refractivity contribution >= 4 is 0 Å². The van der Waals surface area contributed by atoms with E-state index in [1.807, 2.05) is 0 Å². The minimum Gasteiger partial charge on any atom is -0.395 e. The van der Waals surface area contributed by atoms with E-state index in [4.69, 9.17) is 25.5 Å². The van der Waals surface area contributed by atoms with Crippen LogP contribution in [0.5, 0.6) is 0 Å². The molecule has 7 heteroatoms. The molecule has 5 N–H and O–H groups in total. The van der Waals surface area contributed by atoms with Gasteiger partial charge in [0.1, 0.15) is 0 Å². The van der Waals surface area contributed by atoms with Gasteiger partial charge >= 0.3 is 0 Å². The summed E-state index contributed by atoms with van der Waals surface area (Å²) >= 11 is 0. The van der Waals surface area contributed by atoms with Crippen molar-refractivity contribution in [3.8, 4) is 0 Å². The third kappa shape index (κ3) is 55.9. The Morgan fingerprint density at radius 1 is 0.684 bits per heavy atom. The smallest absolute Gasteiger partial charge is 0.0558 e. The molecule has 0 atom stereocenters. The van der Waals surface area contributed by atoms with Crippen LogP contribution in [0.4, 0.5) is 0 Å². The minimum atomic E-state index is -0.167. The van der Waals surface area contributed by atoms with Crippen LogP contribution in [0.3, 0.4) is 0 Å². The molecular formula is C12H31NO5Ti. The van der Waals surface area contributed by atoms with E-state index >= 15 is 0 Å². The van der Waals surface area contributed by atoms with E-state index in [-0.39, 0.29) is 53.7 Å². The largest absolute Gasteiger partial charge is 0.395 e. The van der Waals surface area contributed by atoms with Crippen molar-refractivity contribution in [1.82, 2.24) is 4.90 Å². The monoisotopic (exact) mass is 317 g/mol. The standard InChI is InChI=1S/C6H15NO3.2C3H8O.Ti/c8-4-1-7(2-5-9)3-6-10;2*1-3(2)4;/h8-10H,1-6H2;2*3-4H,1-2H3;. The van der Waals surface area contributed by atoms with Gasteiger partial charge in [-0.25, -0.2) is 0 Å². The maximum Gasteiger partial charge on any atom is 0.0558 e. The molecule has 0 aliphatic heterocycles. The van der Waals surface area contributed by atoms with E-state index in [0.717, 1.165) is 0 Å². The summed E-state index contributed by atoms with van der Waals surface area (Å²) in [5.74, 6) is 0. The number of aliphatic hydroxyl groups excluding tert-OH is 5. The molecule has 0 unspecified atom stereocenters. The molecule has 0 fully saturated rings. The fourth-order valence-electron chi connectivity index (χ4n) is 0.760. The minimum absolute atomic E-state index is 0. The Hall–Kier alpha value is 0.474. The molecule has 0 saturated carbocycles. The Bertz CT molecular complexity index is 114. The number of hydrogen-bond acceptors (Lipinski definition) is 6. The van der Waals surface area contributed by atoms with Crippen LogP contribution in [0.2, 0.25) is 0 Å².